The second-order valence-corrected chi connectivity index (χ2v) is 4.10. The number of aromatic carboxylic acids is 2. The van der Waals surface area contributed by atoms with Gasteiger partial charge in [0.2, 0.25) is 5.76 Å². The van der Waals surface area contributed by atoms with Crippen molar-refractivity contribution in [3.05, 3.63) is 45.3 Å². The van der Waals surface area contributed by atoms with Crippen molar-refractivity contribution in [1.29, 1.82) is 0 Å². The van der Waals surface area contributed by atoms with Gasteiger partial charge in [0.15, 0.2) is 11.0 Å². The van der Waals surface area contributed by atoms with Crippen LogP contribution in [0.2, 0.25) is 0 Å². The van der Waals surface area contributed by atoms with Gasteiger partial charge in [0.25, 0.3) is 0 Å². The average molecular weight is 292 g/mol. The zero-order valence-corrected chi connectivity index (χ0v) is 10.3. The molecule has 0 radical (unpaired) electrons. The van der Waals surface area contributed by atoms with E-state index in [0.29, 0.717) is 0 Å². The highest BCUT2D eigenvalue weighted by atomic mass is 16.4. The number of rotatable bonds is 4. The molecule has 1 aromatic carbocycles. The quantitative estimate of drug-likeness (QED) is 0.751. The fourth-order valence-corrected chi connectivity index (χ4v) is 1.91. The maximum absolute atomic E-state index is 12.2. The van der Waals surface area contributed by atoms with Crippen molar-refractivity contribution in [2.45, 2.75) is 6.42 Å². The third kappa shape index (κ3) is 2.46. The first kappa shape index (κ1) is 14.3. The van der Waals surface area contributed by atoms with Gasteiger partial charge in [0.1, 0.15) is 5.56 Å². The second-order valence-electron chi connectivity index (χ2n) is 4.10. The lowest BCUT2D eigenvalue weighted by atomic mass is 10.0. The van der Waals surface area contributed by atoms with E-state index >= 15 is 0 Å². The van der Waals surface area contributed by atoms with Crippen molar-refractivity contribution in [3.8, 4) is 0 Å². The van der Waals surface area contributed by atoms with E-state index < -0.39 is 46.7 Å². The summed E-state index contributed by atoms with van der Waals surface area (Å²) in [6.07, 6.45) is -0.836. The minimum absolute atomic E-state index is 0.184. The standard InChI is InChI=1S/C13H8O8/c14-8(15)4-7-9(16)5-2-1-3-6(12(17)18)10(5)21-11(7)13(19)20/h1-3H,4H2,(H,14,15)(H,17,18)(H,19,20). The SMILES string of the molecule is O=C(O)Cc1c(C(=O)O)oc2c(C(=O)O)cccc2c1=O. The van der Waals surface area contributed by atoms with Gasteiger partial charge in [-0.25, -0.2) is 9.59 Å². The number of carboxylic acid groups (broad SMARTS) is 3. The van der Waals surface area contributed by atoms with Gasteiger partial charge in [-0.05, 0) is 12.1 Å². The Morgan fingerprint density at radius 2 is 1.71 bits per heavy atom. The van der Waals surface area contributed by atoms with Crippen molar-refractivity contribution in [3.63, 3.8) is 0 Å². The summed E-state index contributed by atoms with van der Waals surface area (Å²) >= 11 is 0. The van der Waals surface area contributed by atoms with E-state index in [-0.39, 0.29) is 10.9 Å². The molecule has 0 bridgehead atoms. The van der Waals surface area contributed by atoms with Crippen LogP contribution in [0.15, 0.2) is 27.4 Å². The molecule has 0 aliphatic carbocycles. The molecule has 0 atom stereocenters. The molecule has 8 nitrogen and oxygen atoms in total. The Kier molecular flexibility index (Phi) is 3.45. The van der Waals surface area contributed by atoms with Gasteiger partial charge in [0, 0.05) is 0 Å². The van der Waals surface area contributed by atoms with Crippen LogP contribution in [0, 0.1) is 0 Å². The van der Waals surface area contributed by atoms with E-state index in [2.05, 4.69) is 0 Å². The van der Waals surface area contributed by atoms with Crippen molar-refractivity contribution >= 4 is 28.9 Å². The third-order valence-corrected chi connectivity index (χ3v) is 2.76. The number of benzene rings is 1. The maximum atomic E-state index is 12.2. The van der Waals surface area contributed by atoms with Crippen LogP contribution in [0.3, 0.4) is 0 Å². The molecule has 108 valence electrons. The van der Waals surface area contributed by atoms with Crippen molar-refractivity contribution in [1.82, 2.24) is 0 Å². The van der Waals surface area contributed by atoms with E-state index in [9.17, 15) is 19.2 Å². The number of aliphatic carboxylic acids is 1. The molecular formula is C13H8O8. The third-order valence-electron chi connectivity index (χ3n) is 2.76. The summed E-state index contributed by atoms with van der Waals surface area (Å²) in [7, 11) is 0. The molecule has 0 aliphatic rings. The summed E-state index contributed by atoms with van der Waals surface area (Å²) in [4.78, 5) is 45.1. The van der Waals surface area contributed by atoms with E-state index in [4.69, 9.17) is 19.7 Å². The largest absolute Gasteiger partial charge is 0.481 e. The van der Waals surface area contributed by atoms with Crippen LogP contribution in [-0.2, 0) is 11.2 Å². The minimum atomic E-state index is -1.65. The van der Waals surface area contributed by atoms with Crippen molar-refractivity contribution in [2.24, 2.45) is 0 Å². The van der Waals surface area contributed by atoms with Crippen molar-refractivity contribution in [2.75, 3.05) is 0 Å². The Labute approximate surface area is 115 Å². The number of carboxylic acids is 3. The highest BCUT2D eigenvalue weighted by molar-refractivity contribution is 6.02. The monoisotopic (exact) mass is 292 g/mol. The zero-order valence-electron chi connectivity index (χ0n) is 10.3. The number of para-hydroxylation sites is 1. The molecule has 0 amide bonds. The molecule has 8 heteroatoms. The number of fused-ring (bicyclic) bond motifs is 1. The van der Waals surface area contributed by atoms with E-state index in [1.165, 1.54) is 12.1 Å². The lowest BCUT2D eigenvalue weighted by Gasteiger charge is -2.06. The van der Waals surface area contributed by atoms with Gasteiger partial charge in [-0.2, -0.15) is 0 Å². The van der Waals surface area contributed by atoms with Gasteiger partial charge in [-0.1, -0.05) is 6.07 Å². The molecule has 0 unspecified atom stereocenters. The molecule has 2 aromatic rings. The lowest BCUT2D eigenvalue weighted by molar-refractivity contribution is -0.136. The van der Waals surface area contributed by atoms with E-state index in [1.807, 2.05) is 0 Å². The molecule has 1 aromatic heterocycles. The van der Waals surface area contributed by atoms with Crippen LogP contribution < -0.4 is 5.43 Å². The molecule has 3 N–H and O–H groups in total. The van der Waals surface area contributed by atoms with Gasteiger partial charge in [0.05, 0.1) is 17.4 Å². The Balaban J connectivity index is 2.94. The van der Waals surface area contributed by atoms with Crippen LogP contribution in [-0.4, -0.2) is 33.2 Å². The molecule has 21 heavy (non-hydrogen) atoms. The summed E-state index contributed by atoms with van der Waals surface area (Å²) in [5, 5.41) is 26.6. The Hall–Kier alpha value is -3.16. The summed E-state index contributed by atoms with van der Waals surface area (Å²) in [6.45, 7) is 0. The first-order chi connectivity index (χ1) is 9.82. The van der Waals surface area contributed by atoms with Crippen LogP contribution in [0.5, 0.6) is 0 Å². The molecule has 0 fully saturated rings. The summed E-state index contributed by atoms with van der Waals surface area (Å²) in [5.74, 6) is -5.32. The van der Waals surface area contributed by atoms with E-state index in [0.717, 1.165) is 6.07 Å². The van der Waals surface area contributed by atoms with Crippen LogP contribution in [0.25, 0.3) is 11.0 Å². The maximum Gasteiger partial charge on any atom is 0.372 e. The number of carbonyl (C=O) groups is 3. The zero-order chi connectivity index (χ0) is 15.7. The fraction of sp³-hybridized carbons (Fsp3) is 0.0769. The molecular weight excluding hydrogens is 284 g/mol. The highest BCUT2D eigenvalue weighted by Crippen LogP contribution is 2.20. The molecule has 0 spiro atoms. The summed E-state index contributed by atoms with van der Waals surface area (Å²) in [6, 6.07) is 3.67. The topological polar surface area (TPSA) is 142 Å². The molecule has 0 saturated carbocycles. The normalized spacial score (nSPS) is 10.5. The van der Waals surface area contributed by atoms with Gasteiger partial charge >= 0.3 is 17.9 Å². The fourth-order valence-electron chi connectivity index (χ4n) is 1.91. The van der Waals surface area contributed by atoms with Crippen LogP contribution >= 0.6 is 0 Å². The molecule has 2 rings (SSSR count). The minimum Gasteiger partial charge on any atom is -0.481 e. The first-order valence-electron chi connectivity index (χ1n) is 5.60. The summed E-state index contributed by atoms with van der Waals surface area (Å²) in [5.41, 5.74) is -2.19. The van der Waals surface area contributed by atoms with E-state index in [1.54, 1.807) is 0 Å². The Morgan fingerprint density at radius 3 is 2.24 bits per heavy atom. The highest BCUT2D eigenvalue weighted by Gasteiger charge is 2.24. The predicted molar refractivity (Wildman–Crippen MR) is 67.7 cm³/mol. The average Bonchev–Trinajstić information content (AvgIpc) is 2.40. The second kappa shape index (κ2) is 5.08. The Bertz CT molecular complexity index is 830. The van der Waals surface area contributed by atoms with Crippen molar-refractivity contribution < 1.29 is 34.1 Å². The van der Waals surface area contributed by atoms with Crippen LogP contribution in [0.1, 0.15) is 26.5 Å². The van der Waals surface area contributed by atoms with Crippen LogP contribution in [0.4, 0.5) is 0 Å². The molecule has 0 aliphatic heterocycles. The number of hydrogen-bond donors (Lipinski definition) is 3. The molecule has 1 heterocycles. The smallest absolute Gasteiger partial charge is 0.372 e. The van der Waals surface area contributed by atoms with Gasteiger partial charge in [-0.3, -0.25) is 9.59 Å². The summed E-state index contributed by atoms with van der Waals surface area (Å²) < 4.78 is 4.98. The van der Waals surface area contributed by atoms with Gasteiger partial charge in [-0.15, -0.1) is 0 Å². The molecule has 0 saturated heterocycles. The number of hydrogen-bond acceptors (Lipinski definition) is 5. The first-order valence-corrected chi connectivity index (χ1v) is 5.60. The lowest BCUT2D eigenvalue weighted by Crippen LogP contribution is -2.20. The predicted octanol–water partition coefficient (Wildman–Crippen LogP) is 0.817. The van der Waals surface area contributed by atoms with Gasteiger partial charge < -0.3 is 19.7 Å². The Morgan fingerprint density at radius 1 is 1.05 bits per heavy atom.